The van der Waals surface area contributed by atoms with Gasteiger partial charge in [-0.15, -0.1) is 0 Å². The van der Waals surface area contributed by atoms with Crippen LogP contribution in [0.3, 0.4) is 0 Å². The van der Waals surface area contributed by atoms with E-state index in [-0.39, 0.29) is 5.91 Å². The van der Waals surface area contributed by atoms with Crippen molar-refractivity contribution in [2.45, 2.75) is 6.54 Å². The topological polar surface area (TPSA) is 69.7 Å². The first kappa shape index (κ1) is 15.6. The van der Waals surface area contributed by atoms with E-state index >= 15 is 0 Å². The lowest BCUT2D eigenvalue weighted by molar-refractivity contribution is 0.0947. The van der Waals surface area contributed by atoms with E-state index in [1.807, 2.05) is 6.07 Å². The molecule has 1 aromatic heterocycles. The van der Waals surface area contributed by atoms with E-state index in [1.165, 1.54) is 7.11 Å². The van der Waals surface area contributed by atoms with Gasteiger partial charge >= 0.3 is 0 Å². The lowest BCUT2D eigenvalue weighted by atomic mass is 10.1. The van der Waals surface area contributed by atoms with Crippen LogP contribution < -0.4 is 19.5 Å². The van der Waals surface area contributed by atoms with Gasteiger partial charge in [0.1, 0.15) is 11.5 Å². The third kappa shape index (κ3) is 3.66. The summed E-state index contributed by atoms with van der Waals surface area (Å²) >= 11 is 0. The van der Waals surface area contributed by atoms with Crippen molar-refractivity contribution >= 4 is 5.91 Å². The molecular formula is C16H18N2O4. The summed E-state index contributed by atoms with van der Waals surface area (Å²) in [5.41, 5.74) is 1.34. The summed E-state index contributed by atoms with van der Waals surface area (Å²) in [6.07, 6.45) is 1.63. The molecule has 116 valence electrons. The van der Waals surface area contributed by atoms with Crippen molar-refractivity contribution < 1.29 is 19.0 Å². The van der Waals surface area contributed by atoms with Gasteiger partial charge in [-0.2, -0.15) is 0 Å². The van der Waals surface area contributed by atoms with Gasteiger partial charge in [0.15, 0.2) is 0 Å². The minimum absolute atomic E-state index is 0.227. The molecule has 0 aliphatic carbocycles. The number of aromatic nitrogens is 1. The molecule has 0 unspecified atom stereocenters. The van der Waals surface area contributed by atoms with Crippen molar-refractivity contribution in [3.8, 4) is 17.4 Å². The maximum absolute atomic E-state index is 12.3. The molecule has 6 nitrogen and oxygen atoms in total. The Morgan fingerprint density at radius 2 is 1.91 bits per heavy atom. The lowest BCUT2D eigenvalue weighted by Gasteiger charge is -2.11. The summed E-state index contributed by atoms with van der Waals surface area (Å²) < 4.78 is 15.4. The van der Waals surface area contributed by atoms with Crippen molar-refractivity contribution in [1.82, 2.24) is 10.3 Å². The number of carbonyl (C=O) groups excluding carboxylic acids is 1. The van der Waals surface area contributed by atoms with Crippen LogP contribution in [0.4, 0.5) is 0 Å². The van der Waals surface area contributed by atoms with E-state index < -0.39 is 0 Å². The first-order valence-electron chi connectivity index (χ1n) is 6.67. The zero-order valence-electron chi connectivity index (χ0n) is 12.8. The van der Waals surface area contributed by atoms with Crippen molar-refractivity contribution in [2.24, 2.45) is 0 Å². The molecule has 0 bridgehead atoms. The molecule has 0 radical (unpaired) electrons. The van der Waals surface area contributed by atoms with E-state index in [9.17, 15) is 4.79 Å². The molecule has 0 spiro atoms. The Balaban J connectivity index is 2.08. The van der Waals surface area contributed by atoms with Crippen LogP contribution in [0.15, 0.2) is 36.5 Å². The number of nitrogens with zero attached hydrogens (tertiary/aromatic N) is 1. The zero-order chi connectivity index (χ0) is 15.9. The van der Waals surface area contributed by atoms with E-state index in [2.05, 4.69) is 10.3 Å². The van der Waals surface area contributed by atoms with Gasteiger partial charge in [-0.3, -0.25) is 4.79 Å². The molecule has 0 saturated carbocycles. The molecule has 0 atom stereocenters. The Morgan fingerprint density at radius 3 is 2.59 bits per heavy atom. The van der Waals surface area contributed by atoms with Gasteiger partial charge in [0, 0.05) is 24.9 Å². The minimum Gasteiger partial charge on any atom is -0.497 e. The third-order valence-corrected chi connectivity index (χ3v) is 3.11. The summed E-state index contributed by atoms with van der Waals surface area (Å²) in [7, 11) is 4.62. The maximum Gasteiger partial charge on any atom is 0.255 e. The molecule has 2 rings (SSSR count). The molecule has 1 heterocycles. The average Bonchev–Trinajstić information content (AvgIpc) is 2.59. The van der Waals surface area contributed by atoms with Crippen LogP contribution in [0.5, 0.6) is 17.4 Å². The Labute approximate surface area is 129 Å². The van der Waals surface area contributed by atoms with E-state index in [0.29, 0.717) is 29.5 Å². The molecule has 1 aromatic carbocycles. The van der Waals surface area contributed by atoms with Crippen molar-refractivity contribution in [2.75, 3.05) is 21.3 Å². The third-order valence-electron chi connectivity index (χ3n) is 3.11. The first-order chi connectivity index (χ1) is 10.7. The molecule has 6 heteroatoms. The highest BCUT2D eigenvalue weighted by Crippen LogP contribution is 2.24. The number of carbonyl (C=O) groups is 1. The van der Waals surface area contributed by atoms with Crippen LogP contribution in [0, 0.1) is 0 Å². The molecule has 2 aromatic rings. The van der Waals surface area contributed by atoms with Gasteiger partial charge in [0.2, 0.25) is 5.88 Å². The second-order valence-corrected chi connectivity index (χ2v) is 4.46. The number of benzene rings is 1. The van der Waals surface area contributed by atoms with Crippen molar-refractivity contribution in [3.63, 3.8) is 0 Å². The first-order valence-corrected chi connectivity index (χ1v) is 6.67. The van der Waals surface area contributed by atoms with Gasteiger partial charge in [-0.25, -0.2) is 4.98 Å². The molecule has 0 aliphatic heterocycles. The Hall–Kier alpha value is -2.76. The highest BCUT2D eigenvalue weighted by Gasteiger charge is 2.13. The summed E-state index contributed by atoms with van der Waals surface area (Å²) in [5, 5.41) is 2.84. The number of amides is 1. The lowest BCUT2D eigenvalue weighted by Crippen LogP contribution is -2.23. The van der Waals surface area contributed by atoms with Gasteiger partial charge < -0.3 is 19.5 Å². The smallest absolute Gasteiger partial charge is 0.255 e. The normalized spacial score (nSPS) is 9.95. The quantitative estimate of drug-likeness (QED) is 0.884. The van der Waals surface area contributed by atoms with Gasteiger partial charge in [-0.1, -0.05) is 0 Å². The molecule has 0 saturated heterocycles. The fourth-order valence-corrected chi connectivity index (χ4v) is 1.94. The minimum atomic E-state index is -0.227. The average molecular weight is 302 g/mol. The van der Waals surface area contributed by atoms with Crippen LogP contribution in [0.2, 0.25) is 0 Å². The van der Waals surface area contributed by atoms with Crippen LogP contribution in [0.1, 0.15) is 15.9 Å². The molecule has 1 amide bonds. The summed E-state index contributed by atoms with van der Waals surface area (Å²) in [5.74, 6) is 1.38. The fraction of sp³-hybridized carbons (Fsp3) is 0.250. The number of pyridine rings is 1. The summed E-state index contributed by atoms with van der Waals surface area (Å²) in [6.45, 7) is 0.368. The predicted molar refractivity (Wildman–Crippen MR) is 81.5 cm³/mol. The number of ether oxygens (including phenoxy) is 3. The maximum atomic E-state index is 12.3. The van der Waals surface area contributed by atoms with E-state index in [4.69, 9.17) is 14.2 Å². The van der Waals surface area contributed by atoms with E-state index in [1.54, 1.807) is 44.7 Å². The van der Waals surface area contributed by atoms with E-state index in [0.717, 1.165) is 5.56 Å². The number of nitrogens with one attached hydrogen (secondary N) is 1. The van der Waals surface area contributed by atoms with Crippen molar-refractivity contribution in [3.05, 3.63) is 47.7 Å². The molecule has 0 aliphatic rings. The van der Waals surface area contributed by atoms with Crippen molar-refractivity contribution in [1.29, 1.82) is 0 Å². The van der Waals surface area contributed by atoms with Gasteiger partial charge in [-0.05, 0) is 23.8 Å². The van der Waals surface area contributed by atoms with Crippen LogP contribution in [0.25, 0.3) is 0 Å². The number of methoxy groups -OCH3 is 3. The van der Waals surface area contributed by atoms with Crippen LogP contribution in [-0.2, 0) is 6.54 Å². The van der Waals surface area contributed by atoms with Crippen LogP contribution >= 0.6 is 0 Å². The largest absolute Gasteiger partial charge is 0.497 e. The molecule has 22 heavy (non-hydrogen) atoms. The number of hydrogen-bond donors (Lipinski definition) is 1. The number of rotatable bonds is 6. The Bertz CT molecular complexity index is 658. The summed E-state index contributed by atoms with van der Waals surface area (Å²) in [6, 6.07) is 8.64. The second kappa shape index (κ2) is 7.31. The molecular weight excluding hydrogens is 284 g/mol. The van der Waals surface area contributed by atoms with Gasteiger partial charge in [0.25, 0.3) is 5.91 Å². The second-order valence-electron chi connectivity index (χ2n) is 4.46. The zero-order valence-corrected chi connectivity index (χ0v) is 12.8. The highest BCUT2D eigenvalue weighted by molar-refractivity contribution is 5.97. The molecule has 1 N–H and O–H groups in total. The summed E-state index contributed by atoms with van der Waals surface area (Å²) in [4.78, 5) is 16.3. The standard InChI is InChI=1S/C16H18N2O4/c1-20-12-4-5-13(14(9-12)21-2)16(19)18-10-11-6-7-17-15(8-11)22-3/h4-9H,10H2,1-3H3,(H,18,19). The van der Waals surface area contributed by atoms with Crippen LogP contribution in [-0.4, -0.2) is 32.2 Å². The van der Waals surface area contributed by atoms with Gasteiger partial charge in [0.05, 0.1) is 26.9 Å². The monoisotopic (exact) mass is 302 g/mol. The highest BCUT2D eigenvalue weighted by atomic mass is 16.5. The fourth-order valence-electron chi connectivity index (χ4n) is 1.94. The Morgan fingerprint density at radius 1 is 1.09 bits per heavy atom. The SMILES string of the molecule is COc1ccc(C(=O)NCc2ccnc(OC)c2)c(OC)c1. The predicted octanol–water partition coefficient (Wildman–Crippen LogP) is 2.04. The Kier molecular flexibility index (Phi) is 5.19. The number of hydrogen-bond acceptors (Lipinski definition) is 5. The molecule has 0 fully saturated rings.